The molecule has 3 N–H and O–H groups in total. The molecule has 2 aromatic carbocycles. The molecule has 38 heavy (non-hydrogen) atoms. The van der Waals surface area contributed by atoms with Gasteiger partial charge in [-0.2, -0.15) is 0 Å². The molecular formula is C32H44O6. The first kappa shape index (κ1) is 33.0. The van der Waals surface area contributed by atoms with Gasteiger partial charge in [-0.05, 0) is 66.5 Å². The zero-order valence-electron chi connectivity index (χ0n) is 23.1. The minimum Gasteiger partial charge on any atom is -0.462 e. The van der Waals surface area contributed by atoms with Crippen LogP contribution < -0.4 is 0 Å². The van der Waals surface area contributed by atoms with Gasteiger partial charge in [-0.3, -0.25) is 4.79 Å². The summed E-state index contributed by atoms with van der Waals surface area (Å²) in [6.45, 7) is 12.9. The van der Waals surface area contributed by atoms with Crippen LogP contribution in [0.3, 0.4) is 0 Å². The molecule has 0 heterocycles. The number of unbranched alkanes of at least 4 members (excludes halogenated alkanes) is 2. The van der Waals surface area contributed by atoms with Crippen molar-refractivity contribution in [3.05, 3.63) is 83.5 Å². The summed E-state index contributed by atoms with van der Waals surface area (Å²) in [4.78, 5) is 21.6. The molecule has 6 nitrogen and oxygen atoms in total. The zero-order valence-corrected chi connectivity index (χ0v) is 23.1. The molecule has 0 saturated heterocycles. The third kappa shape index (κ3) is 11.5. The molecule has 1 unspecified atom stereocenters. The number of benzene rings is 2. The first-order chi connectivity index (χ1) is 18.2. The summed E-state index contributed by atoms with van der Waals surface area (Å²) >= 11 is 0. The normalized spacial score (nSPS) is 11.3. The van der Waals surface area contributed by atoms with Crippen molar-refractivity contribution in [1.29, 1.82) is 0 Å². The Morgan fingerprint density at radius 1 is 0.974 bits per heavy atom. The highest BCUT2D eigenvalue weighted by Crippen LogP contribution is 2.26. The monoisotopic (exact) mass is 524 g/mol. The van der Waals surface area contributed by atoms with Crippen molar-refractivity contribution in [2.45, 2.75) is 58.8 Å². The summed E-state index contributed by atoms with van der Waals surface area (Å²) in [7, 11) is 0. The number of hydrogen-bond donors (Lipinski definition) is 3. The molecule has 0 amide bonds. The fourth-order valence-corrected chi connectivity index (χ4v) is 3.83. The SMILES string of the molecule is C=C(C)C(=O)OCC(CO)c1ccc(-c2ccc(CCCCC)c(C)c2)cc1.C=C(C=O)CC(CO)CO. The molecule has 208 valence electrons. The van der Waals surface area contributed by atoms with Crippen LogP contribution in [0.15, 0.2) is 66.8 Å². The number of carbonyl (C=O) groups excluding carboxylic acids is 2. The summed E-state index contributed by atoms with van der Waals surface area (Å²) in [5, 5.41) is 26.8. The van der Waals surface area contributed by atoms with E-state index in [0.717, 1.165) is 17.5 Å². The van der Waals surface area contributed by atoms with E-state index < -0.39 is 5.97 Å². The topological polar surface area (TPSA) is 104 Å². The molecule has 2 aromatic rings. The first-order valence-corrected chi connectivity index (χ1v) is 13.2. The maximum atomic E-state index is 11.6. The zero-order chi connectivity index (χ0) is 28.5. The van der Waals surface area contributed by atoms with E-state index in [-0.39, 0.29) is 38.3 Å². The lowest BCUT2D eigenvalue weighted by atomic mass is 9.94. The molecule has 2 rings (SSSR count). The fourth-order valence-electron chi connectivity index (χ4n) is 3.83. The highest BCUT2D eigenvalue weighted by Gasteiger charge is 2.14. The quantitative estimate of drug-likeness (QED) is 0.126. The van der Waals surface area contributed by atoms with Gasteiger partial charge in [-0.15, -0.1) is 0 Å². The molecule has 0 fully saturated rings. The number of hydrogen-bond acceptors (Lipinski definition) is 6. The number of allylic oxidation sites excluding steroid dienone is 1. The van der Waals surface area contributed by atoms with Crippen LogP contribution >= 0.6 is 0 Å². The van der Waals surface area contributed by atoms with Crippen molar-refractivity contribution in [2.75, 3.05) is 26.4 Å². The van der Waals surface area contributed by atoms with E-state index in [1.165, 1.54) is 36.0 Å². The molecule has 1 atom stereocenters. The van der Waals surface area contributed by atoms with Gasteiger partial charge in [0.25, 0.3) is 0 Å². The number of rotatable bonds is 15. The molecule has 0 aromatic heterocycles. The van der Waals surface area contributed by atoms with Gasteiger partial charge in [0, 0.05) is 30.6 Å². The largest absolute Gasteiger partial charge is 0.462 e. The summed E-state index contributed by atoms with van der Waals surface area (Å²) in [6, 6.07) is 14.8. The maximum absolute atomic E-state index is 11.6. The number of aryl methyl sites for hydroxylation is 2. The fraction of sp³-hybridized carbons (Fsp3) is 0.438. The van der Waals surface area contributed by atoms with Gasteiger partial charge in [0.2, 0.25) is 0 Å². The Labute approximate surface area is 227 Å². The average Bonchev–Trinajstić information content (AvgIpc) is 2.93. The summed E-state index contributed by atoms with van der Waals surface area (Å²) < 4.78 is 5.20. The van der Waals surface area contributed by atoms with Gasteiger partial charge >= 0.3 is 5.97 Å². The van der Waals surface area contributed by atoms with E-state index in [1.54, 1.807) is 6.92 Å². The van der Waals surface area contributed by atoms with Crippen molar-refractivity contribution < 1.29 is 29.6 Å². The second kappa shape index (κ2) is 18.2. The molecule has 0 bridgehead atoms. The molecule has 0 aliphatic rings. The Kier molecular flexibility index (Phi) is 15.8. The van der Waals surface area contributed by atoms with E-state index >= 15 is 0 Å². The highest BCUT2D eigenvalue weighted by molar-refractivity contribution is 5.86. The Balaban J connectivity index is 0.000000612. The standard InChI is InChI=1S/C25H32O3.C7H12O3/c1-5-6-7-8-20-9-14-23(15-19(20)4)21-10-12-22(13-11-21)24(16-26)17-28-25(27)18(2)3;1-6(3-8)2-7(4-9)5-10/h9-15,24,26H,2,5-8,16-17H2,1,3-4H3;3,7,9-10H,1-2,4-5H2. The van der Waals surface area contributed by atoms with Crippen molar-refractivity contribution in [3.8, 4) is 11.1 Å². The third-order valence-electron chi connectivity index (χ3n) is 6.33. The molecule has 0 aliphatic carbocycles. The second-order valence-corrected chi connectivity index (χ2v) is 9.69. The van der Waals surface area contributed by atoms with Crippen molar-refractivity contribution in [3.63, 3.8) is 0 Å². The van der Waals surface area contributed by atoms with Crippen LogP contribution in [0.4, 0.5) is 0 Å². The van der Waals surface area contributed by atoms with E-state index in [9.17, 15) is 14.7 Å². The Morgan fingerprint density at radius 2 is 1.61 bits per heavy atom. The van der Waals surface area contributed by atoms with E-state index in [1.807, 2.05) is 12.1 Å². The van der Waals surface area contributed by atoms with Crippen LogP contribution in [-0.2, 0) is 20.7 Å². The molecule has 0 saturated carbocycles. The van der Waals surface area contributed by atoms with E-state index in [4.69, 9.17) is 14.9 Å². The third-order valence-corrected chi connectivity index (χ3v) is 6.33. The molecular weight excluding hydrogens is 480 g/mol. The summed E-state index contributed by atoms with van der Waals surface area (Å²) in [5.74, 6) is -0.901. The Bertz CT molecular complexity index is 1020. The van der Waals surface area contributed by atoms with Gasteiger partial charge in [-0.25, -0.2) is 4.79 Å². The number of carbonyl (C=O) groups is 2. The first-order valence-electron chi connectivity index (χ1n) is 13.2. The number of aldehydes is 1. The number of aliphatic hydroxyl groups is 3. The predicted octanol–water partition coefficient (Wildman–Crippen LogP) is 5.32. The van der Waals surface area contributed by atoms with Crippen molar-refractivity contribution in [2.24, 2.45) is 5.92 Å². The lowest BCUT2D eigenvalue weighted by molar-refractivity contribution is -0.139. The summed E-state index contributed by atoms with van der Waals surface area (Å²) in [6.07, 6.45) is 5.90. The van der Waals surface area contributed by atoms with Crippen LogP contribution in [0.2, 0.25) is 0 Å². The van der Waals surface area contributed by atoms with E-state index in [0.29, 0.717) is 23.9 Å². The predicted molar refractivity (Wildman–Crippen MR) is 153 cm³/mol. The molecule has 0 spiro atoms. The van der Waals surface area contributed by atoms with Crippen molar-refractivity contribution in [1.82, 2.24) is 0 Å². The Hall–Kier alpha value is -3.06. The number of esters is 1. The van der Waals surface area contributed by atoms with Gasteiger partial charge in [0.1, 0.15) is 12.9 Å². The van der Waals surface area contributed by atoms with Gasteiger partial charge in [0.05, 0.1) is 6.61 Å². The van der Waals surface area contributed by atoms with E-state index in [2.05, 4.69) is 57.3 Å². The van der Waals surface area contributed by atoms with Crippen molar-refractivity contribution >= 4 is 12.3 Å². The summed E-state index contributed by atoms with van der Waals surface area (Å²) in [5.41, 5.74) is 6.81. The van der Waals surface area contributed by atoms with Gasteiger partial charge < -0.3 is 20.1 Å². The van der Waals surface area contributed by atoms with Crippen LogP contribution in [0, 0.1) is 12.8 Å². The highest BCUT2D eigenvalue weighted by atomic mass is 16.5. The second-order valence-electron chi connectivity index (χ2n) is 9.69. The Morgan fingerprint density at radius 3 is 2.11 bits per heavy atom. The van der Waals surface area contributed by atoms with Crippen LogP contribution in [0.25, 0.3) is 11.1 Å². The van der Waals surface area contributed by atoms with Crippen LogP contribution in [0.5, 0.6) is 0 Å². The molecule has 0 radical (unpaired) electrons. The minimum absolute atomic E-state index is 0.0750. The smallest absolute Gasteiger partial charge is 0.333 e. The lowest BCUT2D eigenvalue weighted by Gasteiger charge is -2.16. The maximum Gasteiger partial charge on any atom is 0.333 e. The van der Waals surface area contributed by atoms with Gasteiger partial charge in [-0.1, -0.05) is 75.4 Å². The minimum atomic E-state index is -0.426. The van der Waals surface area contributed by atoms with Gasteiger partial charge in [0.15, 0.2) is 0 Å². The molecule has 6 heteroatoms. The average molecular weight is 525 g/mol. The number of ether oxygens (including phenoxy) is 1. The molecule has 0 aliphatic heterocycles. The lowest BCUT2D eigenvalue weighted by Crippen LogP contribution is -2.16. The van der Waals surface area contributed by atoms with Crippen LogP contribution in [-0.4, -0.2) is 54.0 Å². The van der Waals surface area contributed by atoms with Crippen LogP contribution in [0.1, 0.15) is 62.1 Å². The number of aliphatic hydroxyl groups excluding tert-OH is 3.